The van der Waals surface area contributed by atoms with Crippen LogP contribution in [0.3, 0.4) is 0 Å². The molecule has 0 spiro atoms. The lowest BCUT2D eigenvalue weighted by Gasteiger charge is -2.30. The van der Waals surface area contributed by atoms with Crippen molar-refractivity contribution in [2.24, 2.45) is 0 Å². The summed E-state index contributed by atoms with van der Waals surface area (Å²) in [5.41, 5.74) is 4.44. The molecule has 28 heavy (non-hydrogen) atoms. The van der Waals surface area contributed by atoms with E-state index in [4.69, 9.17) is 9.84 Å². The van der Waals surface area contributed by atoms with Crippen molar-refractivity contribution in [3.63, 3.8) is 0 Å². The zero-order valence-electron chi connectivity index (χ0n) is 16.3. The van der Waals surface area contributed by atoms with Gasteiger partial charge < -0.3 is 15.0 Å². The van der Waals surface area contributed by atoms with Gasteiger partial charge in [0.25, 0.3) is 0 Å². The third-order valence-corrected chi connectivity index (χ3v) is 4.99. The average Bonchev–Trinajstić information content (AvgIpc) is 3.12. The fourth-order valence-electron chi connectivity index (χ4n) is 3.55. The number of hydrogen-bond donors (Lipinski definition) is 1. The molecule has 6 heteroatoms. The number of pyridine rings is 1. The number of nitrogens with zero attached hydrogens (tertiary/aromatic N) is 4. The number of hydrogen-bond acceptors (Lipinski definition) is 5. The van der Waals surface area contributed by atoms with Crippen molar-refractivity contribution in [3.8, 4) is 11.3 Å². The number of benzene rings is 1. The maximum atomic E-state index is 5.85. The van der Waals surface area contributed by atoms with E-state index < -0.39 is 0 Å². The molecule has 1 aliphatic heterocycles. The van der Waals surface area contributed by atoms with Gasteiger partial charge in [0.05, 0.1) is 24.9 Å². The molecule has 0 bridgehead atoms. The first-order chi connectivity index (χ1) is 13.8. The lowest BCUT2D eigenvalue weighted by Crippen LogP contribution is -2.44. The summed E-state index contributed by atoms with van der Waals surface area (Å²) in [6.07, 6.45) is 6.04. The smallest absolute Gasteiger partial charge is 0.0983 e. The highest BCUT2D eigenvalue weighted by Gasteiger charge is 2.18. The second-order valence-electron chi connectivity index (χ2n) is 7.31. The standard InChI is InChI=1S/C22H27N5O/c1-26-10-11-28-21(17-26)14-24-13-20-16-27(15-18-6-3-2-4-7-18)25-22(20)19-8-5-9-23-12-19/h2-9,12,16,21,24H,10-11,13-15,17H2,1H3. The molecule has 146 valence electrons. The summed E-state index contributed by atoms with van der Waals surface area (Å²) >= 11 is 0. The molecule has 1 atom stereocenters. The largest absolute Gasteiger partial charge is 0.374 e. The van der Waals surface area contributed by atoms with Gasteiger partial charge >= 0.3 is 0 Å². The van der Waals surface area contributed by atoms with E-state index in [-0.39, 0.29) is 6.10 Å². The van der Waals surface area contributed by atoms with Crippen molar-refractivity contribution in [1.82, 2.24) is 25.0 Å². The zero-order valence-corrected chi connectivity index (χ0v) is 16.3. The normalized spacial score (nSPS) is 17.7. The summed E-state index contributed by atoms with van der Waals surface area (Å²) in [6.45, 7) is 5.12. The number of ether oxygens (including phenoxy) is 1. The minimum absolute atomic E-state index is 0.236. The topological polar surface area (TPSA) is 55.2 Å². The van der Waals surface area contributed by atoms with E-state index in [9.17, 15) is 0 Å². The maximum Gasteiger partial charge on any atom is 0.0983 e. The molecule has 4 rings (SSSR count). The number of likely N-dealkylation sites (N-methyl/N-ethyl adjacent to an activating group) is 1. The second kappa shape index (κ2) is 9.10. The Morgan fingerprint density at radius 1 is 1.18 bits per heavy atom. The van der Waals surface area contributed by atoms with E-state index in [2.05, 4.69) is 58.8 Å². The third kappa shape index (κ3) is 4.84. The van der Waals surface area contributed by atoms with E-state index >= 15 is 0 Å². The molecule has 3 heterocycles. The van der Waals surface area contributed by atoms with E-state index in [0.29, 0.717) is 0 Å². The van der Waals surface area contributed by atoms with Crippen molar-refractivity contribution < 1.29 is 4.74 Å². The van der Waals surface area contributed by atoms with Crippen LogP contribution in [0.5, 0.6) is 0 Å². The SMILES string of the molecule is CN1CCOC(CNCc2cn(Cc3ccccc3)nc2-c2cccnc2)C1. The Kier molecular flexibility index (Phi) is 6.11. The summed E-state index contributed by atoms with van der Waals surface area (Å²) in [5, 5.41) is 8.40. The average molecular weight is 377 g/mol. The van der Waals surface area contributed by atoms with Gasteiger partial charge in [-0.15, -0.1) is 0 Å². The van der Waals surface area contributed by atoms with E-state index in [1.807, 2.05) is 23.0 Å². The van der Waals surface area contributed by atoms with Crippen molar-refractivity contribution in [1.29, 1.82) is 0 Å². The van der Waals surface area contributed by atoms with Gasteiger partial charge in [-0.2, -0.15) is 5.10 Å². The van der Waals surface area contributed by atoms with Gasteiger partial charge in [-0.05, 0) is 24.7 Å². The lowest BCUT2D eigenvalue weighted by molar-refractivity contribution is -0.0182. The summed E-state index contributed by atoms with van der Waals surface area (Å²) in [6, 6.07) is 14.4. The summed E-state index contributed by atoms with van der Waals surface area (Å²) in [7, 11) is 2.14. The quantitative estimate of drug-likeness (QED) is 0.685. The van der Waals surface area contributed by atoms with Gasteiger partial charge in [0, 0.05) is 55.9 Å². The molecule has 1 saturated heterocycles. The van der Waals surface area contributed by atoms with Gasteiger partial charge in [-0.1, -0.05) is 30.3 Å². The molecule has 1 N–H and O–H groups in total. The Hall–Kier alpha value is -2.54. The maximum absolute atomic E-state index is 5.85. The molecule has 1 aromatic carbocycles. The third-order valence-electron chi connectivity index (χ3n) is 4.99. The van der Waals surface area contributed by atoms with Crippen molar-refractivity contribution in [2.75, 3.05) is 33.3 Å². The molecule has 1 aliphatic rings. The molecule has 0 saturated carbocycles. The van der Waals surface area contributed by atoms with Crippen LogP contribution in [0.1, 0.15) is 11.1 Å². The molecular formula is C22H27N5O. The van der Waals surface area contributed by atoms with Crippen LogP contribution in [0.2, 0.25) is 0 Å². The van der Waals surface area contributed by atoms with Crippen LogP contribution in [0, 0.1) is 0 Å². The molecule has 3 aromatic rings. The number of morpholine rings is 1. The van der Waals surface area contributed by atoms with E-state index in [1.54, 1.807) is 6.20 Å². The first-order valence-electron chi connectivity index (χ1n) is 9.79. The zero-order chi connectivity index (χ0) is 19.2. The highest BCUT2D eigenvalue weighted by molar-refractivity contribution is 5.61. The molecule has 0 aliphatic carbocycles. The first kappa shape index (κ1) is 18.8. The Balaban J connectivity index is 1.47. The van der Waals surface area contributed by atoms with Crippen molar-refractivity contribution >= 4 is 0 Å². The van der Waals surface area contributed by atoms with Crippen LogP contribution >= 0.6 is 0 Å². The highest BCUT2D eigenvalue weighted by atomic mass is 16.5. The van der Waals surface area contributed by atoms with Crippen LogP contribution in [0.15, 0.2) is 61.1 Å². The first-order valence-corrected chi connectivity index (χ1v) is 9.79. The summed E-state index contributed by atoms with van der Waals surface area (Å²) in [5.74, 6) is 0. The molecular weight excluding hydrogens is 350 g/mol. The second-order valence-corrected chi connectivity index (χ2v) is 7.31. The van der Waals surface area contributed by atoms with Crippen LogP contribution in [0.4, 0.5) is 0 Å². The molecule has 0 radical (unpaired) electrons. The Morgan fingerprint density at radius 3 is 2.86 bits per heavy atom. The van der Waals surface area contributed by atoms with Crippen molar-refractivity contribution in [2.45, 2.75) is 19.2 Å². The van der Waals surface area contributed by atoms with Gasteiger partial charge in [-0.25, -0.2) is 0 Å². The number of nitrogens with one attached hydrogen (secondary N) is 1. The fourth-order valence-corrected chi connectivity index (χ4v) is 3.55. The van der Waals surface area contributed by atoms with Gasteiger partial charge in [0.2, 0.25) is 0 Å². The van der Waals surface area contributed by atoms with E-state index in [0.717, 1.165) is 50.6 Å². The highest BCUT2D eigenvalue weighted by Crippen LogP contribution is 2.21. The molecule has 6 nitrogen and oxygen atoms in total. The minimum Gasteiger partial charge on any atom is -0.374 e. The summed E-state index contributed by atoms with van der Waals surface area (Å²) in [4.78, 5) is 6.58. The number of aromatic nitrogens is 3. The fraction of sp³-hybridized carbons (Fsp3) is 0.364. The summed E-state index contributed by atoms with van der Waals surface area (Å²) < 4.78 is 7.86. The minimum atomic E-state index is 0.236. The van der Waals surface area contributed by atoms with Crippen LogP contribution in [-0.2, 0) is 17.8 Å². The Bertz CT molecular complexity index is 865. The van der Waals surface area contributed by atoms with Gasteiger partial charge in [0.15, 0.2) is 0 Å². The van der Waals surface area contributed by atoms with Crippen LogP contribution in [-0.4, -0.2) is 59.1 Å². The van der Waals surface area contributed by atoms with E-state index in [1.165, 1.54) is 11.1 Å². The molecule has 1 unspecified atom stereocenters. The predicted octanol–water partition coefficient (Wildman–Crippen LogP) is 2.41. The van der Waals surface area contributed by atoms with Crippen LogP contribution in [0.25, 0.3) is 11.3 Å². The monoisotopic (exact) mass is 377 g/mol. The molecule has 2 aromatic heterocycles. The van der Waals surface area contributed by atoms with Crippen molar-refractivity contribution in [3.05, 3.63) is 72.2 Å². The predicted molar refractivity (Wildman–Crippen MR) is 110 cm³/mol. The molecule has 0 amide bonds. The lowest BCUT2D eigenvalue weighted by atomic mass is 10.1. The molecule has 1 fully saturated rings. The van der Waals surface area contributed by atoms with Gasteiger partial charge in [-0.3, -0.25) is 9.67 Å². The Morgan fingerprint density at radius 2 is 2.07 bits per heavy atom. The van der Waals surface area contributed by atoms with Gasteiger partial charge in [0.1, 0.15) is 0 Å². The van der Waals surface area contributed by atoms with Crippen LogP contribution < -0.4 is 5.32 Å². The Labute approximate surface area is 166 Å². The number of rotatable bonds is 7.